The third kappa shape index (κ3) is 1.89. The summed E-state index contributed by atoms with van der Waals surface area (Å²) in [4.78, 5) is 29.4. The van der Waals surface area contributed by atoms with Gasteiger partial charge in [-0.05, 0) is 12.1 Å². The Balaban J connectivity index is 1.97. The molecule has 102 valence electrons. The predicted octanol–water partition coefficient (Wildman–Crippen LogP) is 2.01. The van der Waals surface area contributed by atoms with Crippen molar-refractivity contribution in [3.8, 4) is 0 Å². The first-order valence-electron chi connectivity index (χ1n) is 6.08. The third-order valence-electron chi connectivity index (χ3n) is 3.07. The van der Waals surface area contributed by atoms with E-state index >= 15 is 0 Å². The van der Waals surface area contributed by atoms with Crippen molar-refractivity contribution < 1.29 is 14.1 Å². The molecular formula is C13H10ClN3O3. The summed E-state index contributed by atoms with van der Waals surface area (Å²) in [5, 5.41) is 4.03. The van der Waals surface area contributed by atoms with Crippen molar-refractivity contribution >= 4 is 29.0 Å². The second-order valence-electron chi connectivity index (χ2n) is 4.31. The number of Topliss-reactive ketones (excluding diaryl/α,β-unsaturated/α-hetero) is 1. The molecule has 1 amide bonds. The lowest BCUT2D eigenvalue weighted by molar-refractivity contribution is -0.114. The molecule has 1 aromatic heterocycles. The summed E-state index contributed by atoms with van der Waals surface area (Å²) in [6.45, 7) is 1.96. The number of nitrogens with zero attached hydrogens (tertiary/aromatic N) is 3. The van der Waals surface area contributed by atoms with E-state index in [9.17, 15) is 9.59 Å². The van der Waals surface area contributed by atoms with Crippen LogP contribution in [0.1, 0.15) is 29.0 Å². The van der Waals surface area contributed by atoms with Gasteiger partial charge in [-0.3, -0.25) is 14.5 Å². The molecule has 0 aliphatic carbocycles. The van der Waals surface area contributed by atoms with Crippen LogP contribution in [0.3, 0.4) is 0 Å². The first-order valence-corrected chi connectivity index (χ1v) is 6.45. The van der Waals surface area contributed by atoms with E-state index < -0.39 is 11.7 Å². The molecule has 0 atom stereocenters. The lowest BCUT2D eigenvalue weighted by Crippen LogP contribution is -2.29. The number of hydrogen-bond acceptors (Lipinski definition) is 5. The van der Waals surface area contributed by atoms with Gasteiger partial charge in [0.1, 0.15) is 6.54 Å². The van der Waals surface area contributed by atoms with Crippen LogP contribution in [0.25, 0.3) is 0 Å². The molecule has 0 saturated heterocycles. The number of rotatable bonds is 3. The van der Waals surface area contributed by atoms with Crippen LogP contribution < -0.4 is 4.90 Å². The van der Waals surface area contributed by atoms with Crippen LogP contribution in [0.15, 0.2) is 22.7 Å². The second kappa shape index (κ2) is 4.72. The van der Waals surface area contributed by atoms with E-state index in [1.165, 1.54) is 4.90 Å². The molecule has 20 heavy (non-hydrogen) atoms. The quantitative estimate of drug-likeness (QED) is 0.809. The number of amides is 1. The van der Waals surface area contributed by atoms with Gasteiger partial charge in [-0.1, -0.05) is 29.7 Å². The maximum atomic E-state index is 12.0. The van der Waals surface area contributed by atoms with Gasteiger partial charge in [0, 0.05) is 6.42 Å². The Labute approximate surface area is 119 Å². The van der Waals surface area contributed by atoms with Gasteiger partial charge in [0.05, 0.1) is 16.3 Å². The normalized spacial score (nSPS) is 14.0. The Morgan fingerprint density at radius 3 is 2.85 bits per heavy atom. The SMILES string of the molecule is CCc1noc(CN2C(=O)C(=O)c3c(Cl)cccc32)n1. The van der Waals surface area contributed by atoms with E-state index in [0.717, 1.165) is 0 Å². The first-order chi connectivity index (χ1) is 9.61. The van der Waals surface area contributed by atoms with Crippen molar-refractivity contribution in [1.82, 2.24) is 10.1 Å². The highest BCUT2D eigenvalue weighted by Gasteiger charge is 2.38. The van der Waals surface area contributed by atoms with Gasteiger partial charge in [-0.25, -0.2) is 0 Å². The minimum Gasteiger partial charge on any atom is -0.337 e. The Hall–Kier alpha value is -2.21. The second-order valence-corrected chi connectivity index (χ2v) is 4.72. The van der Waals surface area contributed by atoms with Crippen molar-refractivity contribution in [3.63, 3.8) is 0 Å². The van der Waals surface area contributed by atoms with Crippen molar-refractivity contribution in [2.45, 2.75) is 19.9 Å². The summed E-state index contributed by atoms with van der Waals surface area (Å²) >= 11 is 5.97. The van der Waals surface area contributed by atoms with Gasteiger partial charge >= 0.3 is 0 Å². The predicted molar refractivity (Wildman–Crippen MR) is 70.6 cm³/mol. The molecule has 1 aliphatic rings. The lowest BCUT2D eigenvalue weighted by atomic mass is 10.1. The van der Waals surface area contributed by atoms with E-state index in [-0.39, 0.29) is 23.0 Å². The monoisotopic (exact) mass is 291 g/mol. The van der Waals surface area contributed by atoms with Crippen molar-refractivity contribution in [1.29, 1.82) is 0 Å². The number of anilines is 1. The summed E-state index contributed by atoms with van der Waals surface area (Å²) in [6, 6.07) is 4.93. The first kappa shape index (κ1) is 12.8. The zero-order valence-corrected chi connectivity index (χ0v) is 11.3. The molecular weight excluding hydrogens is 282 g/mol. The van der Waals surface area contributed by atoms with Crippen LogP contribution in [0, 0.1) is 0 Å². The molecule has 0 spiro atoms. The topological polar surface area (TPSA) is 76.3 Å². The minimum absolute atomic E-state index is 0.0604. The molecule has 0 saturated carbocycles. The van der Waals surface area contributed by atoms with Gasteiger partial charge in [-0.2, -0.15) is 4.98 Å². The molecule has 0 fully saturated rings. The van der Waals surface area contributed by atoms with Gasteiger partial charge in [0.15, 0.2) is 5.82 Å². The molecule has 2 heterocycles. The van der Waals surface area contributed by atoms with E-state index in [1.54, 1.807) is 18.2 Å². The Morgan fingerprint density at radius 2 is 2.15 bits per heavy atom. The summed E-state index contributed by atoms with van der Waals surface area (Å²) < 4.78 is 5.05. The largest absolute Gasteiger partial charge is 0.337 e. The molecule has 1 aliphatic heterocycles. The van der Waals surface area contributed by atoms with Crippen LogP contribution >= 0.6 is 11.6 Å². The van der Waals surface area contributed by atoms with Gasteiger partial charge < -0.3 is 4.52 Å². The molecule has 6 nitrogen and oxygen atoms in total. The number of halogens is 1. The zero-order chi connectivity index (χ0) is 14.3. The van der Waals surface area contributed by atoms with Crippen molar-refractivity contribution in [2.24, 2.45) is 0 Å². The molecule has 0 N–H and O–H groups in total. The van der Waals surface area contributed by atoms with E-state index in [0.29, 0.717) is 17.9 Å². The molecule has 1 aromatic carbocycles. The van der Waals surface area contributed by atoms with Gasteiger partial charge in [0.25, 0.3) is 11.7 Å². The minimum atomic E-state index is -0.635. The van der Waals surface area contributed by atoms with Crippen molar-refractivity contribution in [3.05, 3.63) is 40.5 Å². The third-order valence-corrected chi connectivity index (χ3v) is 3.38. The fourth-order valence-corrected chi connectivity index (χ4v) is 2.35. The number of carbonyl (C=O) groups excluding carboxylic acids is 2. The van der Waals surface area contributed by atoms with Crippen LogP contribution in [-0.2, 0) is 17.8 Å². The number of aryl methyl sites for hydroxylation is 1. The number of fused-ring (bicyclic) bond motifs is 1. The smallest absolute Gasteiger partial charge is 0.300 e. The standard InChI is InChI=1S/C13H10ClN3O3/c1-2-9-15-10(20-16-9)6-17-8-5-3-4-7(14)11(8)12(18)13(17)19/h3-5H,2,6H2,1H3. The summed E-state index contributed by atoms with van der Waals surface area (Å²) in [6.07, 6.45) is 0.638. The molecule has 0 radical (unpaired) electrons. The zero-order valence-electron chi connectivity index (χ0n) is 10.6. The maximum Gasteiger partial charge on any atom is 0.300 e. The van der Waals surface area contributed by atoms with Gasteiger partial charge in [-0.15, -0.1) is 0 Å². The molecule has 3 rings (SSSR count). The number of benzene rings is 1. The Morgan fingerprint density at radius 1 is 1.35 bits per heavy atom. The summed E-state index contributed by atoms with van der Waals surface area (Å²) in [7, 11) is 0. The molecule has 0 unspecified atom stereocenters. The van der Waals surface area contributed by atoms with E-state index in [4.69, 9.17) is 16.1 Å². The maximum absolute atomic E-state index is 12.0. The fraction of sp³-hybridized carbons (Fsp3) is 0.231. The van der Waals surface area contributed by atoms with Crippen LogP contribution in [0.4, 0.5) is 5.69 Å². The fourth-order valence-electron chi connectivity index (χ4n) is 2.09. The average molecular weight is 292 g/mol. The highest BCUT2D eigenvalue weighted by molar-refractivity contribution is 6.55. The van der Waals surface area contributed by atoms with E-state index in [1.807, 2.05) is 6.92 Å². The molecule has 0 bridgehead atoms. The van der Waals surface area contributed by atoms with Crippen LogP contribution in [0.2, 0.25) is 5.02 Å². The number of ketones is 1. The van der Waals surface area contributed by atoms with Gasteiger partial charge in [0.2, 0.25) is 5.89 Å². The number of hydrogen-bond donors (Lipinski definition) is 0. The Bertz CT molecular complexity index is 711. The Kier molecular flexibility index (Phi) is 3.02. The summed E-state index contributed by atoms with van der Waals surface area (Å²) in [5.74, 6) is -0.398. The van der Waals surface area contributed by atoms with E-state index in [2.05, 4.69) is 10.1 Å². The van der Waals surface area contributed by atoms with Crippen molar-refractivity contribution in [2.75, 3.05) is 4.90 Å². The number of carbonyl (C=O) groups is 2. The average Bonchev–Trinajstić information content (AvgIpc) is 2.99. The van der Waals surface area contributed by atoms with Crippen LogP contribution in [-0.4, -0.2) is 21.8 Å². The highest BCUT2D eigenvalue weighted by atomic mass is 35.5. The summed E-state index contributed by atoms with van der Waals surface area (Å²) in [5.41, 5.74) is 0.707. The number of aromatic nitrogens is 2. The highest BCUT2D eigenvalue weighted by Crippen LogP contribution is 2.34. The van der Waals surface area contributed by atoms with Crippen LogP contribution in [0.5, 0.6) is 0 Å². The molecule has 7 heteroatoms. The lowest BCUT2D eigenvalue weighted by Gasteiger charge is -2.13. The molecule has 2 aromatic rings.